The maximum absolute atomic E-state index is 13.7. The zero-order valence-electron chi connectivity index (χ0n) is 23.0. The smallest absolute Gasteiger partial charge is 0.253 e. The molecule has 0 saturated carbocycles. The van der Waals surface area contributed by atoms with Crippen molar-refractivity contribution in [2.75, 3.05) is 7.11 Å². The highest BCUT2D eigenvalue weighted by Crippen LogP contribution is 2.33. The number of benzene rings is 2. The molecule has 9 nitrogen and oxygen atoms in total. The van der Waals surface area contributed by atoms with Crippen LogP contribution in [-0.2, 0) is 18.6 Å². The number of aryl methyl sites for hydroxylation is 1. The normalized spacial score (nSPS) is 12.8. The van der Waals surface area contributed by atoms with E-state index in [-0.39, 0.29) is 11.1 Å². The lowest BCUT2D eigenvalue weighted by Crippen LogP contribution is -2.38. The molecule has 3 heterocycles. The van der Waals surface area contributed by atoms with Gasteiger partial charge >= 0.3 is 0 Å². The van der Waals surface area contributed by atoms with Crippen molar-refractivity contribution in [2.45, 2.75) is 58.8 Å². The molecular weight excluding hydrogens is 492 g/mol. The second kappa shape index (κ2) is 10.9. The van der Waals surface area contributed by atoms with Crippen LogP contribution in [0.2, 0.25) is 0 Å². The second-order valence-electron chi connectivity index (χ2n) is 10.5. The average Bonchev–Trinajstić information content (AvgIpc) is 3.63. The number of furan rings is 1. The van der Waals surface area contributed by atoms with Gasteiger partial charge in [0.05, 0.1) is 25.5 Å². The second-order valence-corrected chi connectivity index (χ2v) is 10.5. The molecule has 0 radical (unpaired) electrons. The van der Waals surface area contributed by atoms with Gasteiger partial charge in [-0.15, -0.1) is 5.10 Å². The van der Waals surface area contributed by atoms with E-state index in [0.717, 1.165) is 40.0 Å². The Balaban J connectivity index is 1.72. The van der Waals surface area contributed by atoms with Crippen molar-refractivity contribution >= 4 is 10.9 Å². The number of methoxy groups -OCH3 is 1. The zero-order chi connectivity index (χ0) is 27.6. The Morgan fingerprint density at radius 2 is 1.90 bits per heavy atom. The maximum Gasteiger partial charge on any atom is 0.253 e. The van der Waals surface area contributed by atoms with Crippen molar-refractivity contribution in [3.63, 3.8) is 0 Å². The van der Waals surface area contributed by atoms with Gasteiger partial charge in [-0.25, -0.2) is 4.68 Å². The Hall–Kier alpha value is -4.24. The van der Waals surface area contributed by atoms with E-state index in [4.69, 9.17) is 9.15 Å². The van der Waals surface area contributed by atoms with Crippen molar-refractivity contribution in [3.8, 4) is 5.75 Å². The first-order chi connectivity index (χ1) is 18.8. The first kappa shape index (κ1) is 26.4. The van der Waals surface area contributed by atoms with Gasteiger partial charge in [-0.05, 0) is 91.0 Å². The number of nitrogens with one attached hydrogen (secondary N) is 1. The standard InChI is InChI=1S/C30H34N6O3/c1-6-30(3,4)36-28(32-33-34-36)27(25-17-22-16-20(2)9-14-26(22)31-29(25)37)35(19-24-8-7-15-39-24)18-21-10-12-23(38-5)13-11-21/h7-17,27H,6,18-19H2,1-5H3,(H,31,37)/t27-/m0/s1. The number of rotatable bonds is 10. The molecule has 5 rings (SSSR count). The molecule has 0 fully saturated rings. The van der Waals surface area contributed by atoms with Crippen LogP contribution in [-0.4, -0.2) is 37.2 Å². The number of aromatic nitrogens is 5. The molecule has 202 valence electrons. The Bertz CT molecular complexity index is 1600. The van der Waals surface area contributed by atoms with E-state index in [2.05, 4.69) is 52.2 Å². The molecule has 0 aliphatic rings. The van der Waals surface area contributed by atoms with E-state index in [0.29, 0.717) is 24.5 Å². The number of ether oxygens (including phenoxy) is 1. The summed E-state index contributed by atoms with van der Waals surface area (Å²) < 4.78 is 13.0. The Kier molecular flexibility index (Phi) is 7.34. The number of nitrogens with zero attached hydrogens (tertiary/aromatic N) is 5. The molecule has 9 heteroatoms. The van der Waals surface area contributed by atoms with Gasteiger partial charge in [0.1, 0.15) is 17.6 Å². The predicted octanol–water partition coefficient (Wildman–Crippen LogP) is 5.36. The highest BCUT2D eigenvalue weighted by molar-refractivity contribution is 5.79. The van der Waals surface area contributed by atoms with Crippen molar-refractivity contribution in [3.05, 3.63) is 106 Å². The molecule has 0 bridgehead atoms. The third-order valence-electron chi connectivity index (χ3n) is 7.35. The summed E-state index contributed by atoms with van der Waals surface area (Å²) in [5.41, 5.74) is 2.96. The van der Waals surface area contributed by atoms with E-state index >= 15 is 0 Å². The number of aromatic amines is 1. The number of tetrazole rings is 1. The van der Waals surface area contributed by atoms with Crippen LogP contribution in [0.3, 0.4) is 0 Å². The quantitative estimate of drug-likeness (QED) is 0.261. The summed E-state index contributed by atoms with van der Waals surface area (Å²) in [6, 6.07) is 19.1. The van der Waals surface area contributed by atoms with Crippen LogP contribution in [0.4, 0.5) is 0 Å². The fraction of sp³-hybridized carbons (Fsp3) is 0.333. The number of hydrogen-bond acceptors (Lipinski definition) is 7. The highest BCUT2D eigenvalue weighted by Gasteiger charge is 2.35. The summed E-state index contributed by atoms with van der Waals surface area (Å²) in [4.78, 5) is 19.0. The monoisotopic (exact) mass is 526 g/mol. The maximum atomic E-state index is 13.7. The van der Waals surface area contributed by atoms with Gasteiger partial charge in [0.15, 0.2) is 5.82 Å². The van der Waals surface area contributed by atoms with Crippen LogP contribution >= 0.6 is 0 Å². The van der Waals surface area contributed by atoms with Crippen LogP contribution in [0.1, 0.15) is 61.5 Å². The van der Waals surface area contributed by atoms with Crippen molar-refractivity contribution in [1.82, 2.24) is 30.1 Å². The fourth-order valence-corrected chi connectivity index (χ4v) is 4.80. The molecule has 0 amide bonds. The van der Waals surface area contributed by atoms with Gasteiger partial charge < -0.3 is 14.1 Å². The lowest BCUT2D eigenvalue weighted by Gasteiger charge is -2.33. The summed E-state index contributed by atoms with van der Waals surface area (Å²) >= 11 is 0. The van der Waals surface area contributed by atoms with E-state index in [9.17, 15) is 4.79 Å². The largest absolute Gasteiger partial charge is 0.497 e. The Morgan fingerprint density at radius 3 is 2.59 bits per heavy atom. The Morgan fingerprint density at radius 1 is 1.10 bits per heavy atom. The minimum atomic E-state index is -0.563. The summed E-state index contributed by atoms with van der Waals surface area (Å²) in [6.07, 6.45) is 2.47. The average molecular weight is 527 g/mol. The van der Waals surface area contributed by atoms with Crippen LogP contribution in [0, 0.1) is 6.92 Å². The van der Waals surface area contributed by atoms with Crippen molar-refractivity contribution < 1.29 is 9.15 Å². The summed E-state index contributed by atoms with van der Waals surface area (Å²) in [5, 5.41) is 14.0. The van der Waals surface area contributed by atoms with Gasteiger partial charge in [0, 0.05) is 17.6 Å². The molecular formula is C30H34N6O3. The molecule has 1 atom stereocenters. The third kappa shape index (κ3) is 5.49. The molecule has 0 spiro atoms. The number of H-pyrrole nitrogens is 1. The highest BCUT2D eigenvalue weighted by atomic mass is 16.5. The van der Waals surface area contributed by atoms with E-state index in [1.807, 2.05) is 66.2 Å². The lowest BCUT2D eigenvalue weighted by atomic mass is 9.98. The minimum Gasteiger partial charge on any atom is -0.497 e. The topological polar surface area (TPSA) is 102 Å². The molecule has 0 saturated heterocycles. The minimum absolute atomic E-state index is 0.181. The van der Waals surface area contributed by atoms with Crippen LogP contribution in [0.15, 0.2) is 76.1 Å². The SMILES string of the molecule is CCC(C)(C)n1nnnc1[C@H](c1cc2cc(C)ccc2[nH]c1=O)N(Cc1ccc(OC)cc1)Cc1ccco1. The first-order valence-corrected chi connectivity index (χ1v) is 13.1. The van der Waals surface area contributed by atoms with Gasteiger partial charge in [-0.1, -0.05) is 30.7 Å². The van der Waals surface area contributed by atoms with Crippen molar-refractivity contribution in [2.24, 2.45) is 0 Å². The van der Waals surface area contributed by atoms with Crippen molar-refractivity contribution in [1.29, 1.82) is 0 Å². The molecule has 0 unspecified atom stereocenters. The number of pyridine rings is 1. The molecule has 0 aliphatic carbocycles. The molecule has 3 aromatic heterocycles. The predicted molar refractivity (Wildman–Crippen MR) is 150 cm³/mol. The Labute approximate surface area is 227 Å². The summed E-state index contributed by atoms with van der Waals surface area (Å²) in [5.74, 6) is 2.15. The van der Waals surface area contributed by atoms with Crippen LogP contribution < -0.4 is 10.3 Å². The summed E-state index contributed by atoms with van der Waals surface area (Å²) in [6.45, 7) is 9.29. The van der Waals surface area contributed by atoms with E-state index in [1.54, 1.807) is 13.4 Å². The first-order valence-electron chi connectivity index (χ1n) is 13.1. The molecule has 39 heavy (non-hydrogen) atoms. The van der Waals surface area contributed by atoms with E-state index < -0.39 is 6.04 Å². The van der Waals surface area contributed by atoms with Gasteiger partial charge in [-0.2, -0.15) is 0 Å². The van der Waals surface area contributed by atoms with Gasteiger partial charge in [0.25, 0.3) is 5.56 Å². The fourth-order valence-electron chi connectivity index (χ4n) is 4.80. The molecule has 1 N–H and O–H groups in total. The van der Waals surface area contributed by atoms with Gasteiger partial charge in [-0.3, -0.25) is 9.69 Å². The molecule has 2 aromatic carbocycles. The number of hydrogen-bond donors (Lipinski definition) is 1. The third-order valence-corrected chi connectivity index (χ3v) is 7.35. The van der Waals surface area contributed by atoms with Gasteiger partial charge in [0.2, 0.25) is 0 Å². The zero-order valence-corrected chi connectivity index (χ0v) is 23.0. The molecule has 5 aromatic rings. The summed E-state index contributed by atoms with van der Waals surface area (Å²) in [7, 11) is 1.65. The number of fused-ring (bicyclic) bond motifs is 1. The van der Waals surface area contributed by atoms with E-state index in [1.165, 1.54) is 0 Å². The lowest BCUT2D eigenvalue weighted by molar-refractivity contribution is 0.168. The van der Waals surface area contributed by atoms with Crippen LogP contribution in [0.25, 0.3) is 10.9 Å². The molecule has 0 aliphatic heterocycles. The van der Waals surface area contributed by atoms with Crippen LogP contribution in [0.5, 0.6) is 5.75 Å².